The molecule has 0 saturated heterocycles. The average molecular weight is 210 g/mol. The summed E-state index contributed by atoms with van der Waals surface area (Å²) < 4.78 is 0. The van der Waals surface area contributed by atoms with Crippen LogP contribution in [-0.2, 0) is 0 Å². The van der Waals surface area contributed by atoms with E-state index in [0.29, 0.717) is 5.25 Å². The van der Waals surface area contributed by atoms with Gasteiger partial charge in [0.2, 0.25) is 0 Å². The molecule has 14 heavy (non-hydrogen) atoms. The van der Waals surface area contributed by atoms with Gasteiger partial charge in [0, 0.05) is 11.4 Å². The molecule has 1 aromatic rings. The van der Waals surface area contributed by atoms with E-state index >= 15 is 0 Å². The second-order valence-electron chi connectivity index (χ2n) is 3.56. The Labute approximate surface area is 88.0 Å². The predicted octanol–water partition coefficient (Wildman–Crippen LogP) is 1.87. The largest absolute Gasteiger partial charge is 0.392 e. The van der Waals surface area contributed by atoms with Crippen molar-refractivity contribution >= 4 is 11.8 Å². The Kier molecular flexibility index (Phi) is 3.37. The Hall–Kier alpha value is -0.610. The average Bonchev–Trinajstić information content (AvgIpc) is 2.23. The number of hydrogen-bond acceptors (Lipinski definition) is 4. The number of aromatic nitrogens is 2. The molecule has 0 bridgehead atoms. The summed E-state index contributed by atoms with van der Waals surface area (Å²) >= 11 is 1.67. The van der Waals surface area contributed by atoms with Gasteiger partial charge in [-0.25, -0.2) is 9.97 Å². The number of aliphatic hydroxyl groups is 1. The van der Waals surface area contributed by atoms with E-state index in [1.165, 1.54) is 6.42 Å². The molecule has 1 aromatic heterocycles. The minimum absolute atomic E-state index is 0.163. The highest BCUT2D eigenvalue weighted by Crippen LogP contribution is 2.32. The minimum atomic E-state index is -0.163. The van der Waals surface area contributed by atoms with E-state index in [-0.39, 0.29) is 6.10 Å². The van der Waals surface area contributed by atoms with E-state index in [4.69, 9.17) is 0 Å². The van der Waals surface area contributed by atoms with Crippen LogP contribution in [0.25, 0.3) is 0 Å². The van der Waals surface area contributed by atoms with Crippen molar-refractivity contribution in [1.29, 1.82) is 0 Å². The quantitative estimate of drug-likeness (QED) is 0.757. The fourth-order valence-electron chi connectivity index (χ4n) is 1.72. The molecular weight excluding hydrogens is 196 g/mol. The van der Waals surface area contributed by atoms with Crippen LogP contribution in [0, 0.1) is 0 Å². The van der Waals surface area contributed by atoms with Gasteiger partial charge in [-0.3, -0.25) is 0 Å². The Morgan fingerprint density at radius 2 is 2.21 bits per heavy atom. The number of aliphatic hydroxyl groups excluding tert-OH is 1. The molecule has 76 valence electrons. The molecule has 1 heterocycles. The maximum Gasteiger partial charge on any atom is 0.116 e. The summed E-state index contributed by atoms with van der Waals surface area (Å²) in [6.07, 6.45) is 7.53. The lowest BCUT2D eigenvalue weighted by Crippen LogP contribution is -2.26. The molecule has 0 spiro atoms. The molecule has 1 aliphatic carbocycles. The zero-order valence-corrected chi connectivity index (χ0v) is 8.78. The van der Waals surface area contributed by atoms with Crippen LogP contribution in [0.2, 0.25) is 0 Å². The van der Waals surface area contributed by atoms with Crippen LogP contribution in [0.4, 0.5) is 0 Å². The summed E-state index contributed by atoms with van der Waals surface area (Å²) in [7, 11) is 0. The molecule has 0 aromatic carbocycles. The van der Waals surface area contributed by atoms with Gasteiger partial charge in [-0.2, -0.15) is 0 Å². The molecule has 0 radical (unpaired) electrons. The molecule has 0 aliphatic heterocycles. The van der Waals surface area contributed by atoms with Crippen LogP contribution < -0.4 is 0 Å². The lowest BCUT2D eigenvalue weighted by atomic mass is 9.97. The summed E-state index contributed by atoms with van der Waals surface area (Å²) in [5, 5.41) is 11.0. The van der Waals surface area contributed by atoms with Crippen LogP contribution in [0.3, 0.4) is 0 Å². The monoisotopic (exact) mass is 210 g/mol. The van der Waals surface area contributed by atoms with Crippen LogP contribution in [0.1, 0.15) is 25.7 Å². The highest BCUT2D eigenvalue weighted by Gasteiger charge is 2.24. The highest BCUT2D eigenvalue weighted by atomic mass is 32.2. The summed E-state index contributed by atoms with van der Waals surface area (Å²) in [5.74, 6) is 0. The molecule has 1 saturated carbocycles. The number of rotatable bonds is 2. The van der Waals surface area contributed by atoms with Crippen molar-refractivity contribution in [2.24, 2.45) is 0 Å². The van der Waals surface area contributed by atoms with E-state index < -0.39 is 0 Å². The van der Waals surface area contributed by atoms with Crippen LogP contribution in [0.5, 0.6) is 0 Å². The van der Waals surface area contributed by atoms with Crippen molar-refractivity contribution in [3.05, 3.63) is 18.6 Å². The summed E-state index contributed by atoms with van der Waals surface area (Å²) in [4.78, 5) is 8.02. The Bertz CT molecular complexity index is 281. The molecule has 1 N–H and O–H groups in total. The fraction of sp³-hybridized carbons (Fsp3) is 0.600. The minimum Gasteiger partial charge on any atom is -0.392 e. The standard InChI is InChI=1S/C10H14N2OS/c13-8-3-1-2-4-9(8)14-10-5-6-11-7-12-10/h5-9,13H,1-4H2. The SMILES string of the molecule is OC1CCCCC1Sc1ccncn1. The van der Waals surface area contributed by atoms with Crippen molar-refractivity contribution in [2.45, 2.75) is 42.1 Å². The van der Waals surface area contributed by atoms with Gasteiger partial charge in [0.15, 0.2) is 0 Å². The van der Waals surface area contributed by atoms with Crippen LogP contribution in [-0.4, -0.2) is 26.4 Å². The molecule has 2 atom stereocenters. The third-order valence-corrected chi connectivity index (χ3v) is 3.83. The Morgan fingerprint density at radius 3 is 2.93 bits per heavy atom. The summed E-state index contributed by atoms with van der Waals surface area (Å²) in [5.41, 5.74) is 0. The van der Waals surface area contributed by atoms with Crippen molar-refractivity contribution in [1.82, 2.24) is 9.97 Å². The third kappa shape index (κ3) is 2.45. The lowest BCUT2D eigenvalue weighted by Gasteiger charge is -2.26. The van der Waals surface area contributed by atoms with Crippen LogP contribution in [0.15, 0.2) is 23.6 Å². The van der Waals surface area contributed by atoms with Gasteiger partial charge >= 0.3 is 0 Å². The van der Waals surface area contributed by atoms with Crippen molar-refractivity contribution < 1.29 is 5.11 Å². The number of thioether (sulfide) groups is 1. The normalized spacial score (nSPS) is 27.5. The molecule has 1 aliphatic rings. The second-order valence-corrected chi connectivity index (χ2v) is 4.82. The topological polar surface area (TPSA) is 46.0 Å². The summed E-state index contributed by atoms with van der Waals surface area (Å²) in [6.45, 7) is 0. The van der Waals surface area contributed by atoms with E-state index in [9.17, 15) is 5.11 Å². The maximum atomic E-state index is 9.77. The number of nitrogens with zero attached hydrogens (tertiary/aromatic N) is 2. The van der Waals surface area contributed by atoms with Crippen molar-refractivity contribution in [3.63, 3.8) is 0 Å². The second kappa shape index (κ2) is 4.75. The third-order valence-electron chi connectivity index (χ3n) is 2.49. The van der Waals surface area contributed by atoms with Gasteiger partial charge in [0.05, 0.1) is 11.1 Å². The zero-order chi connectivity index (χ0) is 9.80. The van der Waals surface area contributed by atoms with Crippen molar-refractivity contribution in [2.75, 3.05) is 0 Å². The first-order valence-electron chi connectivity index (χ1n) is 4.97. The Morgan fingerprint density at radius 1 is 1.36 bits per heavy atom. The molecular formula is C10H14N2OS. The Balaban J connectivity index is 1.96. The van der Waals surface area contributed by atoms with E-state index in [1.807, 2.05) is 6.07 Å². The van der Waals surface area contributed by atoms with Gasteiger partial charge in [0.25, 0.3) is 0 Å². The molecule has 1 fully saturated rings. The fourth-order valence-corrected chi connectivity index (χ4v) is 2.85. The van der Waals surface area contributed by atoms with E-state index in [0.717, 1.165) is 24.3 Å². The van der Waals surface area contributed by atoms with Gasteiger partial charge in [-0.05, 0) is 18.9 Å². The van der Waals surface area contributed by atoms with Gasteiger partial charge < -0.3 is 5.11 Å². The predicted molar refractivity (Wildman–Crippen MR) is 56.2 cm³/mol. The first-order valence-corrected chi connectivity index (χ1v) is 5.85. The van der Waals surface area contributed by atoms with Crippen molar-refractivity contribution in [3.8, 4) is 0 Å². The first-order chi connectivity index (χ1) is 6.86. The summed E-state index contributed by atoms with van der Waals surface area (Å²) in [6, 6.07) is 1.89. The molecule has 4 heteroatoms. The smallest absolute Gasteiger partial charge is 0.116 e. The molecule has 0 amide bonds. The van der Waals surface area contributed by atoms with Gasteiger partial charge in [0.1, 0.15) is 6.33 Å². The van der Waals surface area contributed by atoms with Crippen LogP contribution >= 0.6 is 11.8 Å². The van der Waals surface area contributed by atoms with Gasteiger partial charge in [-0.1, -0.05) is 12.8 Å². The highest BCUT2D eigenvalue weighted by molar-refractivity contribution is 7.99. The lowest BCUT2D eigenvalue weighted by molar-refractivity contribution is 0.137. The van der Waals surface area contributed by atoms with Gasteiger partial charge in [-0.15, -0.1) is 11.8 Å². The molecule has 3 nitrogen and oxygen atoms in total. The first kappa shape index (κ1) is 9.93. The molecule has 2 rings (SSSR count). The molecule has 2 unspecified atom stereocenters. The maximum absolute atomic E-state index is 9.77. The van der Waals surface area contributed by atoms with E-state index in [2.05, 4.69) is 9.97 Å². The number of hydrogen-bond donors (Lipinski definition) is 1. The van der Waals surface area contributed by atoms with E-state index in [1.54, 1.807) is 24.3 Å². The zero-order valence-electron chi connectivity index (χ0n) is 7.97.